The van der Waals surface area contributed by atoms with E-state index in [9.17, 15) is 0 Å². The predicted molar refractivity (Wildman–Crippen MR) is 113 cm³/mol. The Bertz CT molecular complexity index is 726. The molecule has 1 aliphatic carbocycles. The molecule has 10 heteroatoms. The summed E-state index contributed by atoms with van der Waals surface area (Å²) in [5.74, 6) is 0. The van der Waals surface area contributed by atoms with Crippen LogP contribution in [0.15, 0.2) is 44.7 Å². The summed E-state index contributed by atoms with van der Waals surface area (Å²) in [4.78, 5) is 12.0. The molecule has 2 rings (SSSR count). The summed E-state index contributed by atoms with van der Waals surface area (Å²) in [6, 6.07) is 4.08. The van der Waals surface area contributed by atoms with E-state index >= 15 is 0 Å². The fourth-order valence-electron chi connectivity index (χ4n) is 3.23. The van der Waals surface area contributed by atoms with Gasteiger partial charge >= 0.3 is 17.1 Å². The molecule has 1 aromatic heterocycles. The molecule has 1 radical (unpaired) electrons. The second kappa shape index (κ2) is 11.3. The molecule has 1 fully saturated rings. The van der Waals surface area contributed by atoms with Gasteiger partial charge in [-0.2, -0.15) is 10.2 Å². The van der Waals surface area contributed by atoms with Gasteiger partial charge in [-0.25, -0.2) is 0 Å². The maximum absolute atomic E-state index is 5.13. The van der Waals surface area contributed by atoms with Gasteiger partial charge < -0.3 is 25.3 Å². The number of rotatable bonds is 5. The van der Waals surface area contributed by atoms with Crippen LogP contribution in [-0.2, 0) is 47.7 Å². The van der Waals surface area contributed by atoms with Gasteiger partial charge in [-0.1, -0.05) is 12.8 Å². The molecule has 0 spiro atoms. The van der Waals surface area contributed by atoms with Gasteiger partial charge in [-0.15, -0.1) is 0 Å². The van der Waals surface area contributed by atoms with Crippen molar-refractivity contribution in [1.29, 1.82) is 0 Å². The summed E-state index contributed by atoms with van der Waals surface area (Å²) in [6.07, 6.45) is 7.80. The molecule has 0 aromatic carbocycles. The third-order valence-corrected chi connectivity index (χ3v) is 5.02. The van der Waals surface area contributed by atoms with Crippen LogP contribution in [0.3, 0.4) is 0 Å². The van der Waals surface area contributed by atoms with Gasteiger partial charge in [0.25, 0.3) is 0 Å². The zero-order valence-electron chi connectivity index (χ0n) is 15.5. The number of amidine groups is 2. The first-order chi connectivity index (χ1) is 12.5. The van der Waals surface area contributed by atoms with Crippen molar-refractivity contribution in [2.75, 3.05) is 14.1 Å². The monoisotopic (exact) mass is 452 g/mol. The van der Waals surface area contributed by atoms with E-state index in [1.165, 1.54) is 5.56 Å². The van der Waals surface area contributed by atoms with Crippen molar-refractivity contribution in [1.82, 2.24) is 15.8 Å². The minimum Gasteiger partial charge on any atom is -0.741 e. The van der Waals surface area contributed by atoms with Crippen LogP contribution in [0.5, 0.6) is 0 Å². The van der Waals surface area contributed by atoms with Crippen molar-refractivity contribution in [3.05, 3.63) is 30.1 Å². The number of hydrazone groups is 2. The number of aromatic nitrogens is 1. The zero-order chi connectivity index (χ0) is 19.0. The molecule has 7 nitrogen and oxygen atoms in total. The Labute approximate surface area is 182 Å². The summed E-state index contributed by atoms with van der Waals surface area (Å²) >= 11 is 10.2. The third-order valence-electron chi connectivity index (χ3n) is 4.47. The minimum absolute atomic E-state index is 0. The Balaban J connectivity index is 0.00000364. The number of aliphatic imine (C=N–C) groups is 2. The second-order valence-corrected chi connectivity index (χ2v) is 6.74. The number of pyridine rings is 1. The van der Waals surface area contributed by atoms with E-state index in [0.29, 0.717) is 10.3 Å². The molecule has 0 amide bonds. The van der Waals surface area contributed by atoms with E-state index in [2.05, 4.69) is 36.0 Å². The van der Waals surface area contributed by atoms with Gasteiger partial charge in [-0.3, -0.25) is 25.8 Å². The van der Waals surface area contributed by atoms with Crippen molar-refractivity contribution in [3.63, 3.8) is 0 Å². The van der Waals surface area contributed by atoms with Crippen molar-refractivity contribution in [2.45, 2.75) is 38.0 Å². The van der Waals surface area contributed by atoms with Crippen molar-refractivity contribution in [3.8, 4) is 0 Å². The predicted octanol–water partition coefficient (Wildman–Crippen LogP) is 1.87. The molecular formula is C17H23CuN7S2. The number of hydrogen-bond donors (Lipinski definition) is 2. The van der Waals surface area contributed by atoms with Crippen LogP contribution >= 0.6 is 0 Å². The Morgan fingerprint density at radius 1 is 1.00 bits per heavy atom. The Morgan fingerprint density at radius 3 is 2.04 bits per heavy atom. The summed E-state index contributed by atoms with van der Waals surface area (Å²) < 4.78 is 0. The Kier molecular flexibility index (Phi) is 9.79. The molecular weight excluding hydrogens is 430 g/mol. The van der Waals surface area contributed by atoms with Gasteiger partial charge in [0, 0.05) is 31.9 Å². The van der Waals surface area contributed by atoms with E-state index in [0.717, 1.165) is 37.1 Å². The largest absolute Gasteiger partial charge is 2.00 e. The van der Waals surface area contributed by atoms with E-state index in [-0.39, 0.29) is 22.5 Å². The van der Waals surface area contributed by atoms with E-state index in [1.54, 1.807) is 14.1 Å². The third kappa shape index (κ3) is 5.93. The maximum Gasteiger partial charge on any atom is 2.00 e. The summed E-state index contributed by atoms with van der Waals surface area (Å²) in [7, 11) is 3.25. The van der Waals surface area contributed by atoms with Gasteiger partial charge in [-0.05, 0) is 47.8 Å². The minimum atomic E-state index is -0.250. The molecule has 1 aliphatic rings. The molecule has 27 heavy (non-hydrogen) atoms. The maximum atomic E-state index is 5.13. The van der Waals surface area contributed by atoms with Gasteiger partial charge in [0.15, 0.2) is 0 Å². The topological polar surface area (TPSA) is 86.4 Å². The second-order valence-electron chi connectivity index (χ2n) is 5.96. The van der Waals surface area contributed by atoms with Crippen LogP contribution in [0.25, 0.3) is 0 Å². The molecule has 1 heterocycles. The molecule has 1 saturated carbocycles. The average molecular weight is 453 g/mol. The summed E-state index contributed by atoms with van der Waals surface area (Å²) in [5.41, 5.74) is 8.10. The van der Waals surface area contributed by atoms with E-state index in [4.69, 9.17) is 25.3 Å². The van der Waals surface area contributed by atoms with Crippen LogP contribution in [0.4, 0.5) is 0 Å². The van der Waals surface area contributed by atoms with Crippen molar-refractivity contribution < 1.29 is 17.1 Å². The van der Waals surface area contributed by atoms with E-state index in [1.807, 2.05) is 31.5 Å². The molecule has 149 valence electrons. The van der Waals surface area contributed by atoms with Crippen LogP contribution < -0.4 is 10.9 Å². The summed E-state index contributed by atoms with van der Waals surface area (Å²) in [6.45, 7) is 1.90. The average Bonchev–Trinajstić information content (AvgIpc) is 3.17. The molecule has 2 N–H and O–H groups in total. The normalized spacial score (nSPS) is 18.0. The Hall–Kier alpha value is -1.61. The van der Waals surface area contributed by atoms with Crippen molar-refractivity contribution >= 4 is 47.0 Å². The first-order valence-electron chi connectivity index (χ1n) is 8.36. The standard InChI is InChI=1S/C17H25N7S2.Cu/c1-12(21-23-15(25)18-2)14(22-24-16(26)19-3)17(8-4-5-9-17)13-6-10-20-11-7-13;/h6-7,10-11H,4-5,8-9H2,1-3H3,(H2,18,23,25)(H2,19,24,26);/q;+2/p-2/b21-12+,22-14-;. The molecule has 0 atom stereocenters. The molecule has 1 aromatic rings. The van der Waals surface area contributed by atoms with Crippen LogP contribution in [0.1, 0.15) is 38.2 Å². The van der Waals surface area contributed by atoms with Gasteiger partial charge in [0.2, 0.25) is 0 Å². The molecule has 0 unspecified atom stereocenters. The smallest absolute Gasteiger partial charge is 0.741 e. The number of nitrogens with one attached hydrogen (secondary N) is 2. The SMILES string of the molecule is CN=C([S-])N/N=C(C)/C(=N/NC([S-])=NC)C1(c2ccncc2)CCCC1.[Cu+2]. The van der Waals surface area contributed by atoms with Gasteiger partial charge in [0.05, 0.1) is 11.4 Å². The zero-order valence-corrected chi connectivity index (χ0v) is 18.1. The Morgan fingerprint density at radius 2 is 1.52 bits per heavy atom. The summed E-state index contributed by atoms with van der Waals surface area (Å²) in [5, 5.41) is 9.62. The number of hydrogen-bond acceptors (Lipinski definition) is 7. The van der Waals surface area contributed by atoms with Crippen LogP contribution in [0, 0.1) is 0 Å². The fraction of sp³-hybridized carbons (Fsp3) is 0.471. The quantitative estimate of drug-likeness (QED) is 0.234. The van der Waals surface area contributed by atoms with Crippen molar-refractivity contribution in [2.24, 2.45) is 20.2 Å². The van der Waals surface area contributed by atoms with Crippen LogP contribution in [0.2, 0.25) is 0 Å². The molecule has 0 aliphatic heterocycles. The molecule has 0 bridgehead atoms. The van der Waals surface area contributed by atoms with Crippen LogP contribution in [-0.4, -0.2) is 40.8 Å². The van der Waals surface area contributed by atoms with E-state index < -0.39 is 0 Å². The first kappa shape index (κ1) is 23.4. The van der Waals surface area contributed by atoms with Gasteiger partial charge in [0.1, 0.15) is 0 Å². The fourth-order valence-corrected chi connectivity index (χ4v) is 3.33. The molecule has 0 saturated heterocycles. The number of nitrogens with zero attached hydrogens (tertiary/aromatic N) is 5. The first-order valence-corrected chi connectivity index (χ1v) is 9.18.